The first-order valence-corrected chi connectivity index (χ1v) is 11.0. The Morgan fingerprint density at radius 3 is 2.74 bits per heavy atom. The summed E-state index contributed by atoms with van der Waals surface area (Å²) in [4.78, 5) is 17.1. The van der Waals surface area contributed by atoms with E-state index in [4.69, 9.17) is 4.74 Å². The summed E-state index contributed by atoms with van der Waals surface area (Å²) >= 11 is 0. The highest BCUT2D eigenvalue weighted by molar-refractivity contribution is 5.99. The molecule has 0 saturated heterocycles. The van der Waals surface area contributed by atoms with Crippen molar-refractivity contribution in [1.82, 2.24) is 14.9 Å². The summed E-state index contributed by atoms with van der Waals surface area (Å²) in [6, 6.07) is 12.6. The van der Waals surface area contributed by atoms with Crippen LogP contribution >= 0.6 is 0 Å². The molecule has 0 amide bonds. The van der Waals surface area contributed by atoms with Crippen molar-refractivity contribution in [2.75, 3.05) is 25.0 Å². The molecule has 0 radical (unpaired) electrons. The van der Waals surface area contributed by atoms with Gasteiger partial charge in [-0.2, -0.15) is 13.2 Å². The third-order valence-corrected chi connectivity index (χ3v) is 5.69. The van der Waals surface area contributed by atoms with Crippen LogP contribution in [-0.4, -0.2) is 40.8 Å². The molecule has 0 unspecified atom stereocenters. The lowest BCUT2D eigenvalue weighted by Crippen LogP contribution is -2.26. The molecule has 4 rings (SSSR count). The van der Waals surface area contributed by atoms with Gasteiger partial charge < -0.3 is 14.5 Å². The van der Waals surface area contributed by atoms with Crippen LogP contribution in [0.25, 0.3) is 0 Å². The minimum Gasteiger partial charge on any atom is -0.439 e. The Labute approximate surface area is 196 Å². The van der Waals surface area contributed by atoms with Crippen molar-refractivity contribution in [3.8, 4) is 11.6 Å². The fourth-order valence-electron chi connectivity index (χ4n) is 3.81. The molecule has 34 heavy (non-hydrogen) atoms. The van der Waals surface area contributed by atoms with Crippen LogP contribution in [0.15, 0.2) is 59.9 Å². The summed E-state index contributed by atoms with van der Waals surface area (Å²) in [5.74, 6) is 1.78. The second-order valence-electron chi connectivity index (χ2n) is 8.18. The maximum Gasteiger partial charge on any atom is 0.416 e. The molecule has 2 heterocycles. The molecule has 0 spiro atoms. The third-order valence-electron chi connectivity index (χ3n) is 5.69. The first-order chi connectivity index (χ1) is 16.2. The molecule has 0 fully saturated rings. The number of halogens is 3. The molecule has 0 bridgehead atoms. The monoisotopic (exact) mass is 469 g/mol. The fourth-order valence-corrected chi connectivity index (χ4v) is 3.81. The lowest BCUT2D eigenvalue weighted by atomic mass is 10.1. The zero-order valence-corrected chi connectivity index (χ0v) is 19.3. The quantitative estimate of drug-likeness (QED) is 0.335. The fraction of sp³-hybridized carbons (Fsp3) is 0.320. The number of nitrogens with zero attached hydrogens (tertiary/aromatic N) is 5. The Hall–Kier alpha value is -3.46. The molecule has 0 aliphatic carbocycles. The van der Waals surface area contributed by atoms with Gasteiger partial charge in [0.15, 0.2) is 0 Å². The van der Waals surface area contributed by atoms with E-state index in [1.54, 1.807) is 13.0 Å². The average molecular weight is 470 g/mol. The van der Waals surface area contributed by atoms with E-state index in [1.165, 1.54) is 12.4 Å². The summed E-state index contributed by atoms with van der Waals surface area (Å²) in [7, 11) is 2.02. The van der Waals surface area contributed by atoms with E-state index in [0.717, 1.165) is 42.0 Å². The second-order valence-corrected chi connectivity index (χ2v) is 8.18. The van der Waals surface area contributed by atoms with E-state index in [9.17, 15) is 13.2 Å². The molecule has 0 N–H and O–H groups in total. The standard InChI is InChI=1S/C25H26F3N5O/c1-4-32(3)15-21-14-24(30-16-29-21)34-22-8-9-23-18(12-22)10-11-33(23)17(2)31-20-7-5-6-19(13-20)25(26,27)28/h5-9,12-14,16H,4,10-11,15H2,1-3H3. The SMILES string of the molecule is CCN(C)Cc1cc(Oc2ccc3c(c2)CCN3C(C)=Nc2cccc(C(F)(F)F)c2)ncn1. The van der Waals surface area contributed by atoms with Crippen molar-refractivity contribution in [1.29, 1.82) is 0 Å². The zero-order chi connectivity index (χ0) is 24.3. The topological polar surface area (TPSA) is 53.9 Å². The number of anilines is 1. The van der Waals surface area contributed by atoms with Crippen LogP contribution in [0.2, 0.25) is 0 Å². The Kier molecular flexibility index (Phi) is 6.83. The smallest absolute Gasteiger partial charge is 0.416 e. The van der Waals surface area contributed by atoms with E-state index in [1.807, 2.05) is 36.2 Å². The largest absolute Gasteiger partial charge is 0.439 e. The summed E-state index contributed by atoms with van der Waals surface area (Å²) in [5, 5.41) is 0. The number of hydrogen-bond acceptors (Lipinski definition) is 5. The minimum atomic E-state index is -4.40. The van der Waals surface area contributed by atoms with Gasteiger partial charge >= 0.3 is 6.18 Å². The van der Waals surface area contributed by atoms with Crippen LogP contribution in [0.3, 0.4) is 0 Å². The Bertz CT molecular complexity index is 1200. The molecule has 1 aromatic heterocycles. The van der Waals surface area contributed by atoms with Crippen molar-refractivity contribution in [2.24, 2.45) is 4.99 Å². The number of amidine groups is 1. The predicted molar refractivity (Wildman–Crippen MR) is 126 cm³/mol. The number of rotatable bonds is 6. The maximum atomic E-state index is 13.0. The van der Waals surface area contributed by atoms with E-state index in [2.05, 4.69) is 26.8 Å². The molecule has 9 heteroatoms. The van der Waals surface area contributed by atoms with Crippen LogP contribution in [0.5, 0.6) is 11.6 Å². The van der Waals surface area contributed by atoms with Crippen molar-refractivity contribution in [3.63, 3.8) is 0 Å². The molecule has 3 aromatic rings. The van der Waals surface area contributed by atoms with Gasteiger partial charge in [0.05, 0.1) is 16.9 Å². The van der Waals surface area contributed by atoms with Gasteiger partial charge in [0.25, 0.3) is 0 Å². The van der Waals surface area contributed by atoms with Crippen LogP contribution in [0.1, 0.15) is 30.7 Å². The van der Waals surface area contributed by atoms with Gasteiger partial charge in [0.1, 0.15) is 17.9 Å². The highest BCUT2D eigenvalue weighted by atomic mass is 19.4. The lowest BCUT2D eigenvalue weighted by molar-refractivity contribution is -0.137. The Morgan fingerprint density at radius 1 is 1.15 bits per heavy atom. The minimum absolute atomic E-state index is 0.272. The van der Waals surface area contributed by atoms with Gasteiger partial charge in [0, 0.05) is 24.8 Å². The Morgan fingerprint density at radius 2 is 1.97 bits per heavy atom. The van der Waals surface area contributed by atoms with Crippen LogP contribution in [0, 0.1) is 0 Å². The zero-order valence-electron chi connectivity index (χ0n) is 19.3. The normalized spacial score (nSPS) is 14.0. The van der Waals surface area contributed by atoms with E-state index in [0.29, 0.717) is 30.6 Å². The van der Waals surface area contributed by atoms with Gasteiger partial charge in [0.2, 0.25) is 5.88 Å². The molecule has 0 saturated carbocycles. The highest BCUT2D eigenvalue weighted by Crippen LogP contribution is 2.34. The van der Waals surface area contributed by atoms with E-state index in [-0.39, 0.29) is 5.69 Å². The van der Waals surface area contributed by atoms with Gasteiger partial charge in [-0.15, -0.1) is 0 Å². The van der Waals surface area contributed by atoms with Crippen LogP contribution < -0.4 is 9.64 Å². The van der Waals surface area contributed by atoms with Gasteiger partial charge in [-0.1, -0.05) is 13.0 Å². The molecule has 178 valence electrons. The first-order valence-electron chi connectivity index (χ1n) is 11.0. The number of aliphatic imine (C=N–C) groups is 1. The number of benzene rings is 2. The van der Waals surface area contributed by atoms with Gasteiger partial charge in [-0.25, -0.2) is 15.0 Å². The number of alkyl halides is 3. The molecule has 2 aromatic carbocycles. The van der Waals surface area contributed by atoms with Crippen LogP contribution in [-0.2, 0) is 19.1 Å². The van der Waals surface area contributed by atoms with Gasteiger partial charge in [-0.05, 0) is 68.9 Å². The van der Waals surface area contributed by atoms with E-state index < -0.39 is 11.7 Å². The number of ether oxygens (including phenoxy) is 1. The molecule has 1 aliphatic heterocycles. The highest BCUT2D eigenvalue weighted by Gasteiger charge is 2.30. The summed E-state index contributed by atoms with van der Waals surface area (Å²) in [5.41, 5.74) is 2.49. The number of hydrogen-bond donors (Lipinski definition) is 0. The molecule has 0 atom stereocenters. The van der Waals surface area contributed by atoms with Crippen LogP contribution in [0.4, 0.5) is 24.5 Å². The van der Waals surface area contributed by atoms with E-state index >= 15 is 0 Å². The van der Waals surface area contributed by atoms with Gasteiger partial charge in [-0.3, -0.25) is 0 Å². The predicted octanol–water partition coefficient (Wildman–Crippen LogP) is 5.85. The van der Waals surface area contributed by atoms with Crippen molar-refractivity contribution in [3.05, 3.63) is 71.7 Å². The maximum absolute atomic E-state index is 13.0. The third kappa shape index (κ3) is 5.53. The molecular weight excluding hydrogens is 443 g/mol. The molecule has 1 aliphatic rings. The van der Waals surface area contributed by atoms with Crippen molar-refractivity contribution >= 4 is 17.2 Å². The summed E-state index contributed by atoms with van der Waals surface area (Å²) < 4.78 is 45.0. The first kappa shape index (κ1) is 23.7. The lowest BCUT2D eigenvalue weighted by Gasteiger charge is -2.19. The second kappa shape index (κ2) is 9.80. The van der Waals surface area contributed by atoms with Crippen molar-refractivity contribution < 1.29 is 17.9 Å². The van der Waals surface area contributed by atoms with Crippen molar-refractivity contribution in [2.45, 2.75) is 33.0 Å². The summed E-state index contributed by atoms with van der Waals surface area (Å²) in [6.45, 7) is 6.19. The molecule has 6 nitrogen and oxygen atoms in total. The number of aromatic nitrogens is 2. The Balaban J connectivity index is 1.50. The molecular formula is C25H26F3N5O. The number of fused-ring (bicyclic) bond motifs is 1. The summed E-state index contributed by atoms with van der Waals surface area (Å²) in [6.07, 6.45) is -2.12. The average Bonchev–Trinajstić information content (AvgIpc) is 3.22.